The predicted molar refractivity (Wildman–Crippen MR) is 69.3 cm³/mol. The van der Waals surface area contributed by atoms with E-state index in [1.54, 1.807) is 0 Å². The highest BCUT2D eigenvalue weighted by Crippen LogP contribution is 2.23. The lowest BCUT2D eigenvalue weighted by atomic mass is 10.3. The number of benzene rings is 1. The summed E-state index contributed by atoms with van der Waals surface area (Å²) >= 11 is 11.0. The maximum atomic E-state index is 13.7. The summed E-state index contributed by atoms with van der Waals surface area (Å²) in [6, 6.07) is 3.67. The van der Waals surface area contributed by atoms with E-state index in [9.17, 15) is 12.8 Å². The van der Waals surface area contributed by atoms with Gasteiger partial charge in [0.1, 0.15) is 10.0 Å². The fourth-order valence-electron chi connectivity index (χ4n) is 1.25. The molecule has 5 nitrogen and oxygen atoms in total. The van der Waals surface area contributed by atoms with Crippen molar-refractivity contribution in [3.8, 4) is 0 Å². The first-order valence-electron chi connectivity index (χ1n) is 4.84. The van der Waals surface area contributed by atoms with Crippen molar-refractivity contribution in [1.29, 1.82) is 0 Å². The number of anilines is 1. The molecule has 2 aromatic rings. The van der Waals surface area contributed by atoms with Gasteiger partial charge in [0.15, 0.2) is 11.6 Å². The second-order valence-corrected chi connectivity index (χ2v) is 5.83. The highest BCUT2D eigenvalue weighted by Gasteiger charge is 2.21. The van der Waals surface area contributed by atoms with Gasteiger partial charge in [0, 0.05) is 0 Å². The number of aromatic nitrogens is 2. The van der Waals surface area contributed by atoms with Crippen LogP contribution in [0.2, 0.25) is 10.2 Å². The summed E-state index contributed by atoms with van der Waals surface area (Å²) in [5, 5.41) is -0.179. The number of hydrogen-bond donors (Lipinski definition) is 1. The van der Waals surface area contributed by atoms with Crippen LogP contribution in [0, 0.1) is 5.82 Å². The Hall–Kier alpha value is -1.44. The van der Waals surface area contributed by atoms with Crippen LogP contribution in [-0.4, -0.2) is 18.4 Å². The summed E-state index contributed by atoms with van der Waals surface area (Å²) < 4.78 is 39.6. The molecular weight excluding hydrogens is 316 g/mol. The lowest BCUT2D eigenvalue weighted by Gasteiger charge is -2.08. The van der Waals surface area contributed by atoms with E-state index in [2.05, 4.69) is 14.7 Å². The highest BCUT2D eigenvalue weighted by molar-refractivity contribution is 7.92. The molecule has 0 radical (unpaired) electrons. The van der Waals surface area contributed by atoms with Crippen molar-refractivity contribution in [1.82, 2.24) is 9.97 Å². The zero-order chi connectivity index (χ0) is 14.0. The molecule has 0 bridgehead atoms. The number of nitrogens with zero attached hydrogens (tertiary/aromatic N) is 2. The second-order valence-electron chi connectivity index (χ2n) is 3.38. The summed E-state index contributed by atoms with van der Waals surface area (Å²) in [6.45, 7) is 0. The van der Waals surface area contributed by atoms with Gasteiger partial charge in [0.2, 0.25) is 0 Å². The third-order valence-electron chi connectivity index (χ3n) is 2.06. The molecule has 0 amide bonds. The molecule has 0 spiro atoms. The van der Waals surface area contributed by atoms with Crippen molar-refractivity contribution >= 4 is 39.0 Å². The molecule has 1 heterocycles. The van der Waals surface area contributed by atoms with Crippen molar-refractivity contribution in [3.63, 3.8) is 0 Å². The molecule has 19 heavy (non-hydrogen) atoms. The lowest BCUT2D eigenvalue weighted by molar-refractivity contribution is 0.570. The van der Waals surface area contributed by atoms with Crippen LogP contribution in [0.5, 0.6) is 0 Å². The molecule has 0 aliphatic rings. The van der Waals surface area contributed by atoms with Crippen LogP contribution >= 0.6 is 23.2 Å². The van der Waals surface area contributed by atoms with Gasteiger partial charge in [-0.25, -0.2) is 22.8 Å². The van der Waals surface area contributed by atoms with E-state index in [4.69, 9.17) is 23.2 Å². The van der Waals surface area contributed by atoms with Crippen LogP contribution in [0.3, 0.4) is 0 Å². The maximum absolute atomic E-state index is 13.7. The third-order valence-corrected chi connectivity index (χ3v) is 3.92. The molecule has 1 N–H and O–H groups in total. The van der Waals surface area contributed by atoms with Crippen LogP contribution in [-0.2, 0) is 10.0 Å². The summed E-state index contributed by atoms with van der Waals surface area (Å²) in [6.07, 6.45) is 2.27. The molecule has 0 saturated heterocycles. The lowest BCUT2D eigenvalue weighted by Crippen LogP contribution is -2.15. The van der Waals surface area contributed by atoms with E-state index in [1.165, 1.54) is 12.1 Å². The van der Waals surface area contributed by atoms with Crippen molar-refractivity contribution < 1.29 is 12.8 Å². The van der Waals surface area contributed by atoms with Crippen LogP contribution < -0.4 is 4.72 Å². The molecule has 9 heteroatoms. The molecule has 1 aromatic carbocycles. The number of sulfonamides is 1. The smallest absolute Gasteiger partial charge is 0.262 e. The van der Waals surface area contributed by atoms with Crippen molar-refractivity contribution in [3.05, 3.63) is 46.6 Å². The maximum Gasteiger partial charge on any atom is 0.266 e. The van der Waals surface area contributed by atoms with Crippen molar-refractivity contribution in [2.45, 2.75) is 4.90 Å². The Balaban J connectivity index is 2.38. The number of nitrogens with one attached hydrogen (secondary N) is 1. The molecular formula is C10H6Cl2FN3O2S. The van der Waals surface area contributed by atoms with Gasteiger partial charge in [-0.15, -0.1) is 0 Å². The normalized spacial score (nSPS) is 11.3. The van der Waals surface area contributed by atoms with E-state index >= 15 is 0 Å². The standard InChI is InChI=1S/C10H6Cl2FN3O2S/c11-6-2-1-3-7(10(6)13)19(17,18)16-9-5-14-8(12)4-15-9/h1-5H,(H,15,16). The van der Waals surface area contributed by atoms with Gasteiger partial charge in [-0.05, 0) is 12.1 Å². The van der Waals surface area contributed by atoms with Crippen LogP contribution in [0.1, 0.15) is 0 Å². The first-order chi connectivity index (χ1) is 8.90. The third kappa shape index (κ3) is 3.12. The van der Waals surface area contributed by atoms with Gasteiger partial charge >= 0.3 is 0 Å². The molecule has 0 fully saturated rings. The fraction of sp³-hybridized carbons (Fsp3) is 0. The Labute approximate surface area is 118 Å². The number of rotatable bonds is 3. The number of halogens is 3. The Bertz CT molecular complexity index is 707. The number of hydrogen-bond acceptors (Lipinski definition) is 4. The van der Waals surface area contributed by atoms with E-state index in [-0.39, 0.29) is 16.0 Å². The zero-order valence-corrected chi connectivity index (χ0v) is 11.5. The van der Waals surface area contributed by atoms with Gasteiger partial charge in [-0.2, -0.15) is 0 Å². The van der Waals surface area contributed by atoms with E-state index in [0.29, 0.717) is 0 Å². The topological polar surface area (TPSA) is 72.0 Å². The van der Waals surface area contributed by atoms with Crippen molar-refractivity contribution in [2.24, 2.45) is 0 Å². The Morgan fingerprint density at radius 2 is 1.89 bits per heavy atom. The first-order valence-corrected chi connectivity index (χ1v) is 7.08. The Kier molecular flexibility index (Phi) is 3.88. The van der Waals surface area contributed by atoms with Crippen molar-refractivity contribution in [2.75, 3.05) is 4.72 Å². The average molecular weight is 322 g/mol. The molecule has 0 aliphatic carbocycles. The first kappa shape index (κ1) is 14.0. The predicted octanol–water partition coefficient (Wildman–Crippen LogP) is 2.72. The zero-order valence-electron chi connectivity index (χ0n) is 9.14. The van der Waals surface area contributed by atoms with Crippen LogP contribution in [0.25, 0.3) is 0 Å². The van der Waals surface area contributed by atoms with Crippen LogP contribution in [0.15, 0.2) is 35.5 Å². The minimum atomic E-state index is -4.13. The minimum Gasteiger partial charge on any atom is -0.262 e. The monoisotopic (exact) mass is 321 g/mol. The summed E-state index contributed by atoms with van der Waals surface area (Å²) in [5.41, 5.74) is 0. The molecule has 100 valence electrons. The highest BCUT2D eigenvalue weighted by atomic mass is 35.5. The summed E-state index contributed by atoms with van der Waals surface area (Å²) in [7, 11) is -4.13. The molecule has 1 aromatic heterocycles. The largest absolute Gasteiger partial charge is 0.266 e. The average Bonchev–Trinajstić information content (AvgIpc) is 2.35. The molecule has 2 rings (SSSR count). The van der Waals surface area contributed by atoms with Gasteiger partial charge in [-0.1, -0.05) is 29.3 Å². The van der Waals surface area contributed by atoms with Gasteiger partial charge in [0.25, 0.3) is 10.0 Å². The summed E-state index contributed by atoms with van der Waals surface area (Å²) in [4.78, 5) is 6.78. The quantitative estimate of drug-likeness (QED) is 0.943. The van der Waals surface area contributed by atoms with E-state index < -0.39 is 20.7 Å². The van der Waals surface area contributed by atoms with Crippen LogP contribution in [0.4, 0.5) is 10.2 Å². The second kappa shape index (κ2) is 5.28. The molecule has 0 saturated carbocycles. The molecule has 0 unspecified atom stereocenters. The molecule has 0 aliphatic heterocycles. The molecule has 0 atom stereocenters. The minimum absolute atomic E-state index is 0.0798. The van der Waals surface area contributed by atoms with Gasteiger partial charge in [0.05, 0.1) is 17.4 Å². The summed E-state index contributed by atoms with van der Waals surface area (Å²) in [5.74, 6) is -1.11. The van der Waals surface area contributed by atoms with E-state index in [0.717, 1.165) is 18.5 Å². The van der Waals surface area contributed by atoms with Gasteiger partial charge < -0.3 is 0 Å². The SMILES string of the molecule is O=S(=O)(Nc1cnc(Cl)cn1)c1cccc(Cl)c1F. The Morgan fingerprint density at radius 3 is 2.53 bits per heavy atom. The fourth-order valence-corrected chi connectivity index (χ4v) is 2.67. The van der Waals surface area contributed by atoms with Gasteiger partial charge in [-0.3, -0.25) is 4.72 Å². The Morgan fingerprint density at radius 1 is 1.16 bits per heavy atom. The van der Waals surface area contributed by atoms with E-state index in [1.807, 2.05) is 0 Å².